The normalized spacial score (nSPS) is 11.3. The molecule has 0 fully saturated rings. The number of nitrogens with zero attached hydrogens (tertiary/aromatic N) is 1. The summed E-state index contributed by atoms with van der Waals surface area (Å²) in [6.07, 6.45) is -4.49. The summed E-state index contributed by atoms with van der Waals surface area (Å²) in [5, 5.41) is 19.8. The van der Waals surface area contributed by atoms with Gasteiger partial charge >= 0.3 is 12.1 Å². The Bertz CT molecular complexity index is 777. The molecule has 0 unspecified atom stereocenters. The number of alkyl halides is 3. The van der Waals surface area contributed by atoms with E-state index in [1.165, 1.54) is 18.2 Å². The van der Waals surface area contributed by atoms with E-state index in [1.807, 2.05) is 0 Å². The zero-order valence-corrected chi connectivity index (χ0v) is 12.0. The summed E-state index contributed by atoms with van der Waals surface area (Å²) in [6, 6.07) is 7.87. The first-order valence-electron chi connectivity index (χ1n) is 6.05. The smallest absolute Gasteiger partial charge is 0.416 e. The van der Waals surface area contributed by atoms with E-state index in [2.05, 4.69) is 0 Å². The highest BCUT2D eigenvalue weighted by Crippen LogP contribution is 2.35. The van der Waals surface area contributed by atoms with Crippen LogP contribution in [-0.4, -0.2) is 16.0 Å². The molecule has 2 aromatic rings. The van der Waals surface area contributed by atoms with Crippen molar-refractivity contribution in [3.63, 3.8) is 0 Å². The molecule has 0 aliphatic carbocycles. The van der Waals surface area contributed by atoms with Crippen molar-refractivity contribution in [3.8, 4) is 0 Å². The number of carboxylic acid groups (broad SMARTS) is 1. The van der Waals surface area contributed by atoms with Gasteiger partial charge in [-0.2, -0.15) is 13.2 Å². The van der Waals surface area contributed by atoms with Crippen molar-refractivity contribution in [2.75, 3.05) is 0 Å². The van der Waals surface area contributed by atoms with E-state index in [-0.39, 0.29) is 9.79 Å². The third kappa shape index (κ3) is 4.01. The van der Waals surface area contributed by atoms with E-state index in [0.29, 0.717) is 0 Å². The lowest BCUT2D eigenvalue weighted by atomic mass is 10.2. The van der Waals surface area contributed by atoms with Crippen LogP contribution in [0.3, 0.4) is 0 Å². The molecule has 2 aromatic carbocycles. The average Bonchev–Trinajstić information content (AvgIpc) is 2.46. The molecule has 2 rings (SSSR count). The van der Waals surface area contributed by atoms with Crippen molar-refractivity contribution >= 4 is 23.4 Å². The zero-order chi connectivity index (χ0) is 17.2. The Morgan fingerprint density at radius 2 is 1.78 bits per heavy atom. The minimum atomic E-state index is -4.49. The quantitative estimate of drug-likeness (QED) is 0.655. The van der Waals surface area contributed by atoms with E-state index in [4.69, 9.17) is 5.11 Å². The maximum atomic E-state index is 12.7. The Labute approximate surface area is 131 Å². The number of rotatable bonds is 4. The van der Waals surface area contributed by atoms with Crippen molar-refractivity contribution in [2.45, 2.75) is 16.0 Å². The van der Waals surface area contributed by atoms with Gasteiger partial charge in [0.2, 0.25) is 0 Å². The van der Waals surface area contributed by atoms with Crippen LogP contribution in [-0.2, 0) is 6.18 Å². The largest absolute Gasteiger partial charge is 0.477 e. The topological polar surface area (TPSA) is 80.4 Å². The summed E-state index contributed by atoms with van der Waals surface area (Å²) in [4.78, 5) is 21.5. The van der Waals surface area contributed by atoms with Gasteiger partial charge in [0.15, 0.2) is 0 Å². The molecule has 1 N–H and O–H groups in total. The first kappa shape index (κ1) is 16.8. The summed E-state index contributed by atoms with van der Waals surface area (Å²) in [5.74, 6) is -1.45. The van der Waals surface area contributed by atoms with Crippen LogP contribution in [0.5, 0.6) is 0 Å². The molecule has 120 valence electrons. The highest BCUT2D eigenvalue weighted by molar-refractivity contribution is 7.99. The Morgan fingerprint density at radius 1 is 1.13 bits per heavy atom. The standard InChI is InChI=1S/C14H8F3NO4S/c15-14(16,17)8-2-1-3-9(6-8)23-10-4-5-11(13(19)20)12(7-10)18(21)22/h1-7H,(H,19,20). The van der Waals surface area contributed by atoms with Crippen molar-refractivity contribution in [2.24, 2.45) is 0 Å². The van der Waals surface area contributed by atoms with E-state index in [0.717, 1.165) is 36.0 Å². The minimum Gasteiger partial charge on any atom is -0.477 e. The first-order chi connectivity index (χ1) is 10.7. The Balaban J connectivity index is 2.36. The Kier molecular flexibility index (Phi) is 4.60. The van der Waals surface area contributed by atoms with Gasteiger partial charge in [-0.1, -0.05) is 17.8 Å². The highest BCUT2D eigenvalue weighted by atomic mass is 32.2. The molecule has 0 bridgehead atoms. The molecular weight excluding hydrogens is 335 g/mol. The van der Waals surface area contributed by atoms with E-state index < -0.39 is 33.9 Å². The van der Waals surface area contributed by atoms with Gasteiger partial charge in [-0.15, -0.1) is 0 Å². The molecule has 0 saturated carbocycles. The highest BCUT2D eigenvalue weighted by Gasteiger charge is 2.30. The van der Waals surface area contributed by atoms with Gasteiger partial charge in [-0.25, -0.2) is 4.79 Å². The van der Waals surface area contributed by atoms with Crippen LogP contribution < -0.4 is 0 Å². The number of hydrogen-bond donors (Lipinski definition) is 1. The second-order valence-electron chi connectivity index (χ2n) is 4.37. The predicted octanol–water partition coefficient (Wildman–Crippen LogP) is 4.46. The molecule has 0 saturated heterocycles. The van der Waals surface area contributed by atoms with Gasteiger partial charge in [-0.3, -0.25) is 10.1 Å². The van der Waals surface area contributed by atoms with Crippen LogP contribution in [0.25, 0.3) is 0 Å². The van der Waals surface area contributed by atoms with E-state index >= 15 is 0 Å². The van der Waals surface area contributed by atoms with Crippen molar-refractivity contribution in [1.29, 1.82) is 0 Å². The fraction of sp³-hybridized carbons (Fsp3) is 0.0714. The zero-order valence-electron chi connectivity index (χ0n) is 11.2. The molecule has 0 radical (unpaired) electrons. The number of hydrogen-bond acceptors (Lipinski definition) is 4. The fourth-order valence-corrected chi connectivity index (χ4v) is 2.69. The Hall–Kier alpha value is -2.55. The molecule has 0 aliphatic rings. The first-order valence-corrected chi connectivity index (χ1v) is 6.87. The summed E-state index contributed by atoms with van der Waals surface area (Å²) in [6.45, 7) is 0. The summed E-state index contributed by atoms with van der Waals surface area (Å²) in [7, 11) is 0. The van der Waals surface area contributed by atoms with Gasteiger partial charge in [-0.05, 0) is 30.3 Å². The second kappa shape index (κ2) is 6.29. The maximum Gasteiger partial charge on any atom is 0.416 e. The van der Waals surface area contributed by atoms with Gasteiger partial charge < -0.3 is 5.11 Å². The van der Waals surface area contributed by atoms with Crippen LogP contribution in [0.2, 0.25) is 0 Å². The number of aromatic carboxylic acids is 1. The number of nitro groups is 1. The average molecular weight is 343 g/mol. The molecule has 0 heterocycles. The molecule has 23 heavy (non-hydrogen) atoms. The predicted molar refractivity (Wildman–Crippen MR) is 75.6 cm³/mol. The fourth-order valence-electron chi connectivity index (χ4n) is 1.78. The van der Waals surface area contributed by atoms with Crippen molar-refractivity contribution in [1.82, 2.24) is 0 Å². The molecule has 0 amide bonds. The van der Waals surface area contributed by atoms with Gasteiger partial charge in [0.05, 0.1) is 10.5 Å². The van der Waals surface area contributed by atoms with Gasteiger partial charge in [0.25, 0.3) is 5.69 Å². The van der Waals surface area contributed by atoms with E-state index in [9.17, 15) is 28.1 Å². The number of carbonyl (C=O) groups is 1. The summed E-state index contributed by atoms with van der Waals surface area (Å²) < 4.78 is 38.0. The molecule has 5 nitrogen and oxygen atoms in total. The number of nitro benzene ring substituents is 1. The van der Waals surface area contributed by atoms with Crippen molar-refractivity contribution < 1.29 is 28.0 Å². The van der Waals surface area contributed by atoms with Crippen LogP contribution in [0.15, 0.2) is 52.3 Å². The number of halogens is 3. The molecule has 0 aromatic heterocycles. The maximum absolute atomic E-state index is 12.7. The van der Waals surface area contributed by atoms with Crippen molar-refractivity contribution in [3.05, 3.63) is 63.7 Å². The monoisotopic (exact) mass is 343 g/mol. The SMILES string of the molecule is O=C(O)c1ccc(Sc2cccc(C(F)(F)F)c2)cc1[N+](=O)[O-]. The lowest BCUT2D eigenvalue weighted by Crippen LogP contribution is -2.04. The van der Waals surface area contributed by atoms with E-state index in [1.54, 1.807) is 0 Å². The molecule has 0 atom stereocenters. The van der Waals surface area contributed by atoms with Gasteiger partial charge in [0.1, 0.15) is 5.56 Å². The number of benzene rings is 2. The number of carboxylic acids is 1. The summed E-state index contributed by atoms with van der Waals surface area (Å²) >= 11 is 0.872. The lowest BCUT2D eigenvalue weighted by Gasteiger charge is -2.08. The van der Waals surface area contributed by atoms with Crippen LogP contribution in [0.1, 0.15) is 15.9 Å². The third-order valence-electron chi connectivity index (χ3n) is 2.79. The summed E-state index contributed by atoms with van der Waals surface area (Å²) in [5.41, 5.74) is -1.93. The second-order valence-corrected chi connectivity index (χ2v) is 5.52. The van der Waals surface area contributed by atoms with Crippen LogP contribution in [0, 0.1) is 10.1 Å². The van der Waals surface area contributed by atoms with Gasteiger partial charge in [0, 0.05) is 15.9 Å². The molecular formula is C14H8F3NO4S. The minimum absolute atomic E-state index is 0.234. The lowest BCUT2D eigenvalue weighted by molar-refractivity contribution is -0.385. The molecule has 0 spiro atoms. The molecule has 0 aliphatic heterocycles. The molecule has 9 heteroatoms. The third-order valence-corrected chi connectivity index (χ3v) is 3.77. The van der Waals surface area contributed by atoms with Crippen LogP contribution >= 0.6 is 11.8 Å². The Morgan fingerprint density at radius 3 is 2.35 bits per heavy atom. The van der Waals surface area contributed by atoms with Crippen LogP contribution in [0.4, 0.5) is 18.9 Å².